The van der Waals surface area contributed by atoms with E-state index < -0.39 is 17.9 Å². The number of esters is 1. The van der Waals surface area contributed by atoms with Crippen molar-refractivity contribution in [3.05, 3.63) is 48.6 Å². The standard InChI is InChI=1S/C13H14O4/c1-2-6-11(12(14)15)13(16)17-9-10-7-4-3-5-8-10/h2-5,7-8,11H,1,6,9H2,(H,14,15). The first-order valence-electron chi connectivity index (χ1n) is 5.19. The number of aliphatic carboxylic acids is 1. The maximum atomic E-state index is 11.5. The van der Waals surface area contributed by atoms with Gasteiger partial charge >= 0.3 is 11.9 Å². The lowest BCUT2D eigenvalue weighted by Gasteiger charge is -2.10. The molecule has 0 saturated heterocycles. The summed E-state index contributed by atoms with van der Waals surface area (Å²) < 4.78 is 4.94. The van der Waals surface area contributed by atoms with Gasteiger partial charge in [0, 0.05) is 0 Å². The Hall–Kier alpha value is -2.10. The van der Waals surface area contributed by atoms with Gasteiger partial charge in [0.15, 0.2) is 5.92 Å². The predicted octanol–water partition coefficient (Wildman–Crippen LogP) is 2.01. The van der Waals surface area contributed by atoms with E-state index in [4.69, 9.17) is 9.84 Å². The summed E-state index contributed by atoms with van der Waals surface area (Å²) in [4.78, 5) is 22.3. The van der Waals surface area contributed by atoms with Crippen LogP contribution in [-0.4, -0.2) is 17.0 Å². The van der Waals surface area contributed by atoms with Gasteiger partial charge in [-0.05, 0) is 12.0 Å². The highest BCUT2D eigenvalue weighted by Gasteiger charge is 2.26. The number of hydrogen-bond acceptors (Lipinski definition) is 3. The summed E-state index contributed by atoms with van der Waals surface area (Å²) in [7, 11) is 0. The second-order valence-electron chi connectivity index (χ2n) is 3.51. The minimum atomic E-state index is -1.19. The van der Waals surface area contributed by atoms with Crippen molar-refractivity contribution in [1.29, 1.82) is 0 Å². The lowest BCUT2D eigenvalue weighted by atomic mass is 10.1. The van der Waals surface area contributed by atoms with Crippen molar-refractivity contribution in [3.63, 3.8) is 0 Å². The van der Waals surface area contributed by atoms with Gasteiger partial charge in [-0.25, -0.2) is 0 Å². The molecule has 0 radical (unpaired) electrons. The first-order chi connectivity index (χ1) is 8.15. The van der Waals surface area contributed by atoms with Crippen molar-refractivity contribution in [3.8, 4) is 0 Å². The zero-order valence-electron chi connectivity index (χ0n) is 9.33. The number of carboxylic acid groups (broad SMARTS) is 1. The molecular formula is C13H14O4. The fourth-order valence-corrected chi connectivity index (χ4v) is 1.29. The molecule has 0 spiro atoms. The van der Waals surface area contributed by atoms with Crippen LogP contribution in [0.1, 0.15) is 12.0 Å². The van der Waals surface area contributed by atoms with Crippen LogP contribution in [0.15, 0.2) is 43.0 Å². The normalized spacial score (nSPS) is 11.5. The highest BCUT2D eigenvalue weighted by Crippen LogP contribution is 2.09. The Morgan fingerprint density at radius 2 is 2.00 bits per heavy atom. The quantitative estimate of drug-likeness (QED) is 0.464. The Morgan fingerprint density at radius 1 is 1.35 bits per heavy atom. The number of carboxylic acids is 1. The third-order valence-electron chi connectivity index (χ3n) is 2.21. The Bertz CT molecular complexity index is 397. The van der Waals surface area contributed by atoms with Crippen LogP contribution in [0.3, 0.4) is 0 Å². The fourth-order valence-electron chi connectivity index (χ4n) is 1.29. The average Bonchev–Trinajstić information content (AvgIpc) is 2.34. The van der Waals surface area contributed by atoms with Crippen LogP contribution in [0.4, 0.5) is 0 Å². The zero-order chi connectivity index (χ0) is 12.7. The number of ether oxygens (including phenoxy) is 1. The van der Waals surface area contributed by atoms with Crippen LogP contribution in [-0.2, 0) is 20.9 Å². The molecule has 1 aromatic rings. The van der Waals surface area contributed by atoms with Gasteiger partial charge in [0.05, 0.1) is 0 Å². The van der Waals surface area contributed by atoms with Crippen molar-refractivity contribution in [2.75, 3.05) is 0 Å². The average molecular weight is 234 g/mol. The van der Waals surface area contributed by atoms with Gasteiger partial charge in [0.25, 0.3) is 0 Å². The number of benzene rings is 1. The highest BCUT2D eigenvalue weighted by atomic mass is 16.5. The maximum absolute atomic E-state index is 11.5. The second-order valence-corrected chi connectivity index (χ2v) is 3.51. The van der Waals surface area contributed by atoms with Crippen LogP contribution in [0, 0.1) is 5.92 Å². The molecule has 4 heteroatoms. The van der Waals surface area contributed by atoms with Gasteiger partial charge < -0.3 is 9.84 Å². The number of allylic oxidation sites excluding steroid dienone is 1. The topological polar surface area (TPSA) is 63.6 Å². The molecule has 0 aliphatic rings. The molecule has 0 bridgehead atoms. The van der Waals surface area contributed by atoms with Crippen molar-refractivity contribution in [1.82, 2.24) is 0 Å². The summed E-state index contributed by atoms with van der Waals surface area (Å²) in [5.41, 5.74) is 0.823. The van der Waals surface area contributed by atoms with Crippen molar-refractivity contribution in [2.45, 2.75) is 13.0 Å². The number of hydrogen-bond donors (Lipinski definition) is 1. The monoisotopic (exact) mass is 234 g/mol. The summed E-state index contributed by atoms with van der Waals surface area (Å²) in [5, 5.41) is 8.82. The maximum Gasteiger partial charge on any atom is 0.320 e. The van der Waals surface area contributed by atoms with Crippen molar-refractivity contribution in [2.24, 2.45) is 5.92 Å². The smallest absolute Gasteiger partial charge is 0.320 e. The van der Waals surface area contributed by atoms with Gasteiger partial charge in [-0.2, -0.15) is 0 Å². The minimum absolute atomic E-state index is 0.0724. The van der Waals surface area contributed by atoms with Crippen LogP contribution in [0.2, 0.25) is 0 Å². The molecule has 1 rings (SSSR count). The largest absolute Gasteiger partial charge is 0.481 e. The van der Waals surface area contributed by atoms with Gasteiger partial charge in [0.1, 0.15) is 6.61 Å². The first-order valence-corrected chi connectivity index (χ1v) is 5.19. The predicted molar refractivity (Wildman–Crippen MR) is 62.2 cm³/mol. The summed E-state index contributed by atoms with van der Waals surface area (Å²) in [6.45, 7) is 3.50. The lowest BCUT2D eigenvalue weighted by Crippen LogP contribution is -2.25. The molecule has 1 aromatic carbocycles. The molecule has 0 aromatic heterocycles. The molecule has 0 fully saturated rings. The van der Waals surface area contributed by atoms with E-state index in [1.165, 1.54) is 6.08 Å². The molecule has 0 saturated carbocycles. The van der Waals surface area contributed by atoms with E-state index in [1.54, 1.807) is 12.1 Å². The molecule has 90 valence electrons. The minimum Gasteiger partial charge on any atom is -0.481 e. The highest BCUT2D eigenvalue weighted by molar-refractivity contribution is 5.94. The molecule has 1 unspecified atom stereocenters. The fraction of sp³-hybridized carbons (Fsp3) is 0.231. The van der Waals surface area contributed by atoms with E-state index in [2.05, 4.69) is 6.58 Å². The summed E-state index contributed by atoms with van der Waals surface area (Å²) in [5.74, 6) is -3.10. The van der Waals surface area contributed by atoms with E-state index in [-0.39, 0.29) is 13.0 Å². The Kier molecular flexibility index (Phi) is 4.94. The molecule has 0 aliphatic heterocycles. The Morgan fingerprint density at radius 3 is 2.53 bits per heavy atom. The molecule has 0 heterocycles. The first kappa shape index (κ1) is 13.0. The summed E-state index contributed by atoms with van der Waals surface area (Å²) >= 11 is 0. The summed E-state index contributed by atoms with van der Waals surface area (Å²) in [6.07, 6.45) is 1.46. The Balaban J connectivity index is 2.53. The third kappa shape index (κ3) is 4.10. The molecule has 17 heavy (non-hydrogen) atoms. The lowest BCUT2D eigenvalue weighted by molar-refractivity contribution is -0.159. The zero-order valence-corrected chi connectivity index (χ0v) is 9.33. The molecule has 1 atom stereocenters. The van der Waals surface area contributed by atoms with Crippen LogP contribution in [0.5, 0.6) is 0 Å². The van der Waals surface area contributed by atoms with E-state index >= 15 is 0 Å². The van der Waals surface area contributed by atoms with Crippen LogP contribution >= 0.6 is 0 Å². The number of carbonyl (C=O) groups excluding carboxylic acids is 1. The SMILES string of the molecule is C=CCC(C(=O)O)C(=O)OCc1ccccc1. The summed E-state index contributed by atoms with van der Waals surface area (Å²) in [6, 6.07) is 9.10. The Labute approximate surface area is 99.5 Å². The number of carbonyl (C=O) groups is 2. The van der Waals surface area contributed by atoms with Crippen LogP contribution < -0.4 is 0 Å². The van der Waals surface area contributed by atoms with E-state index in [0.717, 1.165) is 5.56 Å². The van der Waals surface area contributed by atoms with Crippen molar-refractivity contribution < 1.29 is 19.4 Å². The van der Waals surface area contributed by atoms with Gasteiger partial charge in [-0.1, -0.05) is 36.4 Å². The molecule has 0 amide bonds. The van der Waals surface area contributed by atoms with Crippen molar-refractivity contribution >= 4 is 11.9 Å². The van der Waals surface area contributed by atoms with Gasteiger partial charge in [-0.3, -0.25) is 9.59 Å². The molecule has 0 aliphatic carbocycles. The molecule has 4 nitrogen and oxygen atoms in total. The molecule has 1 N–H and O–H groups in total. The second kappa shape index (κ2) is 6.48. The van der Waals surface area contributed by atoms with E-state index in [9.17, 15) is 9.59 Å². The van der Waals surface area contributed by atoms with E-state index in [1.807, 2.05) is 18.2 Å². The van der Waals surface area contributed by atoms with E-state index in [0.29, 0.717) is 0 Å². The van der Waals surface area contributed by atoms with Gasteiger partial charge in [-0.15, -0.1) is 6.58 Å². The van der Waals surface area contributed by atoms with Crippen LogP contribution in [0.25, 0.3) is 0 Å². The number of rotatable bonds is 6. The molecular weight excluding hydrogens is 220 g/mol. The third-order valence-corrected chi connectivity index (χ3v) is 2.21. The van der Waals surface area contributed by atoms with Gasteiger partial charge in [0.2, 0.25) is 0 Å².